The van der Waals surface area contributed by atoms with Crippen LogP contribution in [0.5, 0.6) is 0 Å². The molecule has 1 aromatic heterocycles. The predicted molar refractivity (Wildman–Crippen MR) is 131 cm³/mol. The summed E-state index contributed by atoms with van der Waals surface area (Å²) in [4.78, 5) is 22.9. The van der Waals surface area contributed by atoms with Crippen LogP contribution in [0.4, 0.5) is 5.13 Å². The molecule has 0 bridgehead atoms. The van der Waals surface area contributed by atoms with Crippen LogP contribution in [0.15, 0.2) is 36.4 Å². The van der Waals surface area contributed by atoms with Crippen molar-refractivity contribution in [2.45, 2.75) is 39.0 Å². The van der Waals surface area contributed by atoms with Crippen molar-refractivity contribution in [3.8, 4) is 0 Å². The standard InChI is InChI=1S/C26H31N3O2S/c1-19-7-10-23-24(17-19)32-26(27-23)29(12-4-11-28-13-15-31-16-14-28)25(30)22-9-8-20-5-2-3-6-21(20)18-22/h7-10,17-18H,2-6,11-16H2,1H3. The molecule has 5 rings (SSSR count). The van der Waals surface area contributed by atoms with Gasteiger partial charge in [0.05, 0.1) is 23.4 Å². The molecule has 3 aromatic rings. The van der Waals surface area contributed by atoms with E-state index in [1.807, 2.05) is 11.0 Å². The zero-order valence-electron chi connectivity index (χ0n) is 18.8. The van der Waals surface area contributed by atoms with E-state index < -0.39 is 0 Å². The summed E-state index contributed by atoms with van der Waals surface area (Å²) < 4.78 is 6.60. The summed E-state index contributed by atoms with van der Waals surface area (Å²) in [7, 11) is 0. The van der Waals surface area contributed by atoms with Crippen LogP contribution in [0, 0.1) is 6.92 Å². The molecule has 1 amide bonds. The second-order valence-electron chi connectivity index (χ2n) is 8.92. The van der Waals surface area contributed by atoms with Crippen LogP contribution >= 0.6 is 11.3 Å². The van der Waals surface area contributed by atoms with Gasteiger partial charge in [-0.05, 0) is 80.0 Å². The molecule has 0 saturated carbocycles. The number of aryl methyl sites for hydroxylation is 3. The monoisotopic (exact) mass is 449 g/mol. The number of morpholine rings is 1. The number of anilines is 1. The Hall–Kier alpha value is -2.28. The number of nitrogens with zero attached hydrogens (tertiary/aromatic N) is 3. The van der Waals surface area contributed by atoms with Gasteiger partial charge in [-0.15, -0.1) is 0 Å². The fourth-order valence-corrected chi connectivity index (χ4v) is 5.81. The van der Waals surface area contributed by atoms with E-state index in [4.69, 9.17) is 9.72 Å². The lowest BCUT2D eigenvalue weighted by Gasteiger charge is -2.28. The number of hydrogen-bond donors (Lipinski definition) is 0. The largest absolute Gasteiger partial charge is 0.379 e. The SMILES string of the molecule is Cc1ccc2nc(N(CCCN3CCOCC3)C(=O)c3ccc4c(c3)CCCC4)sc2c1. The van der Waals surface area contributed by atoms with E-state index >= 15 is 0 Å². The average molecular weight is 450 g/mol. The molecule has 1 aliphatic heterocycles. The molecule has 0 N–H and O–H groups in total. The highest BCUT2D eigenvalue weighted by atomic mass is 32.1. The number of benzene rings is 2. The Kier molecular flexibility index (Phi) is 6.53. The van der Waals surface area contributed by atoms with Crippen LogP contribution < -0.4 is 4.90 Å². The first-order chi connectivity index (χ1) is 15.7. The van der Waals surface area contributed by atoms with Crippen molar-refractivity contribution < 1.29 is 9.53 Å². The zero-order valence-corrected chi connectivity index (χ0v) is 19.6. The van der Waals surface area contributed by atoms with Gasteiger partial charge in [0.2, 0.25) is 0 Å². The minimum Gasteiger partial charge on any atom is -0.379 e. The molecule has 32 heavy (non-hydrogen) atoms. The molecule has 0 atom stereocenters. The van der Waals surface area contributed by atoms with Gasteiger partial charge in [-0.25, -0.2) is 4.98 Å². The van der Waals surface area contributed by atoms with E-state index in [-0.39, 0.29) is 5.91 Å². The first-order valence-corrected chi connectivity index (χ1v) is 12.6. The third-order valence-corrected chi connectivity index (χ3v) is 7.61. The minimum absolute atomic E-state index is 0.0659. The van der Waals surface area contributed by atoms with Gasteiger partial charge in [0, 0.05) is 31.7 Å². The average Bonchev–Trinajstić information content (AvgIpc) is 3.24. The van der Waals surface area contributed by atoms with Crippen LogP contribution in [0.1, 0.15) is 46.3 Å². The summed E-state index contributed by atoms with van der Waals surface area (Å²) in [5.41, 5.74) is 5.71. The van der Waals surface area contributed by atoms with Gasteiger partial charge in [0.1, 0.15) is 0 Å². The normalized spacial score (nSPS) is 16.8. The second kappa shape index (κ2) is 9.69. The van der Waals surface area contributed by atoms with Crippen LogP contribution in [0.3, 0.4) is 0 Å². The predicted octanol–water partition coefficient (Wildman–Crippen LogP) is 4.85. The van der Waals surface area contributed by atoms with Gasteiger partial charge >= 0.3 is 0 Å². The molecule has 5 nitrogen and oxygen atoms in total. The van der Waals surface area contributed by atoms with Crippen molar-refractivity contribution >= 4 is 32.6 Å². The maximum absolute atomic E-state index is 13.7. The Balaban J connectivity index is 1.40. The number of carbonyl (C=O) groups is 1. The van der Waals surface area contributed by atoms with E-state index in [1.165, 1.54) is 29.5 Å². The Morgan fingerprint density at radius 1 is 1.09 bits per heavy atom. The first-order valence-electron chi connectivity index (χ1n) is 11.8. The Morgan fingerprint density at radius 3 is 2.75 bits per heavy atom. The summed E-state index contributed by atoms with van der Waals surface area (Å²) in [6.45, 7) is 7.28. The van der Waals surface area contributed by atoms with Crippen molar-refractivity contribution in [2.75, 3.05) is 44.3 Å². The molecule has 1 fully saturated rings. The van der Waals surface area contributed by atoms with Gasteiger partial charge in [-0.2, -0.15) is 0 Å². The molecule has 0 spiro atoms. The van der Waals surface area contributed by atoms with E-state index in [1.54, 1.807) is 11.3 Å². The molecule has 1 saturated heterocycles. The van der Waals surface area contributed by atoms with Gasteiger partial charge in [0.15, 0.2) is 5.13 Å². The number of thiazole rings is 1. The fraction of sp³-hybridized carbons (Fsp3) is 0.462. The second-order valence-corrected chi connectivity index (χ2v) is 9.93. The zero-order chi connectivity index (χ0) is 21.9. The van der Waals surface area contributed by atoms with Crippen LogP contribution in [0.25, 0.3) is 10.2 Å². The van der Waals surface area contributed by atoms with Crippen LogP contribution in [0.2, 0.25) is 0 Å². The van der Waals surface area contributed by atoms with E-state index in [2.05, 4.69) is 42.2 Å². The lowest BCUT2D eigenvalue weighted by atomic mass is 9.90. The quantitative estimate of drug-likeness (QED) is 0.540. The number of ether oxygens (including phenoxy) is 1. The van der Waals surface area contributed by atoms with Gasteiger partial charge in [0.25, 0.3) is 5.91 Å². The molecular weight excluding hydrogens is 418 g/mol. The van der Waals surface area contributed by atoms with Crippen LogP contribution in [-0.4, -0.2) is 55.2 Å². The van der Waals surface area contributed by atoms with Crippen molar-refractivity contribution in [3.63, 3.8) is 0 Å². The third kappa shape index (κ3) is 4.72. The number of aromatic nitrogens is 1. The minimum atomic E-state index is 0.0659. The number of fused-ring (bicyclic) bond motifs is 2. The number of carbonyl (C=O) groups excluding carboxylic acids is 1. The topological polar surface area (TPSA) is 45.7 Å². The summed E-state index contributed by atoms with van der Waals surface area (Å²) in [5.74, 6) is 0.0659. The molecule has 1 aliphatic carbocycles. The Bertz CT molecular complexity index is 1100. The molecule has 2 heterocycles. The van der Waals surface area contributed by atoms with Crippen molar-refractivity contribution in [1.29, 1.82) is 0 Å². The highest BCUT2D eigenvalue weighted by Crippen LogP contribution is 2.31. The first kappa shape index (κ1) is 21.6. The smallest absolute Gasteiger partial charge is 0.260 e. The van der Waals surface area contributed by atoms with Crippen molar-refractivity contribution in [2.24, 2.45) is 0 Å². The maximum atomic E-state index is 13.7. The van der Waals surface area contributed by atoms with Gasteiger partial charge in [-0.3, -0.25) is 14.6 Å². The van der Waals surface area contributed by atoms with Crippen molar-refractivity contribution in [1.82, 2.24) is 9.88 Å². The van der Waals surface area contributed by atoms with Crippen LogP contribution in [-0.2, 0) is 17.6 Å². The van der Waals surface area contributed by atoms with E-state index in [0.717, 1.165) is 73.0 Å². The van der Waals surface area contributed by atoms with Gasteiger partial charge < -0.3 is 4.74 Å². The molecule has 2 aliphatic rings. The molecule has 6 heteroatoms. The number of hydrogen-bond acceptors (Lipinski definition) is 5. The summed E-state index contributed by atoms with van der Waals surface area (Å²) in [6.07, 6.45) is 5.59. The van der Waals surface area contributed by atoms with E-state index in [9.17, 15) is 4.79 Å². The Labute approximate surface area is 194 Å². The summed E-state index contributed by atoms with van der Waals surface area (Å²) in [5, 5.41) is 0.801. The number of rotatable bonds is 6. The summed E-state index contributed by atoms with van der Waals surface area (Å²) in [6, 6.07) is 12.6. The molecule has 0 unspecified atom stereocenters. The molecule has 2 aromatic carbocycles. The van der Waals surface area contributed by atoms with E-state index in [0.29, 0.717) is 6.54 Å². The molecule has 168 valence electrons. The maximum Gasteiger partial charge on any atom is 0.260 e. The lowest BCUT2D eigenvalue weighted by molar-refractivity contribution is 0.0376. The number of amides is 1. The summed E-state index contributed by atoms with van der Waals surface area (Å²) >= 11 is 1.62. The van der Waals surface area contributed by atoms with Crippen molar-refractivity contribution in [3.05, 3.63) is 58.7 Å². The third-order valence-electron chi connectivity index (χ3n) is 6.56. The van der Waals surface area contributed by atoms with Gasteiger partial charge in [-0.1, -0.05) is 23.5 Å². The highest BCUT2D eigenvalue weighted by molar-refractivity contribution is 7.22. The lowest BCUT2D eigenvalue weighted by Crippen LogP contribution is -2.39. The molecule has 0 radical (unpaired) electrons. The Morgan fingerprint density at radius 2 is 1.91 bits per heavy atom. The fourth-order valence-electron chi connectivity index (χ4n) is 4.72. The molecular formula is C26H31N3O2S. The highest BCUT2D eigenvalue weighted by Gasteiger charge is 2.23.